The van der Waals surface area contributed by atoms with Crippen molar-refractivity contribution in [2.45, 2.75) is 39.8 Å². The molecule has 2 amide bonds. The van der Waals surface area contributed by atoms with Crippen molar-refractivity contribution in [1.82, 2.24) is 25.2 Å². The van der Waals surface area contributed by atoms with Crippen molar-refractivity contribution in [2.24, 2.45) is 11.0 Å². The SMILES string of the molecule is CC(C)Cn1c2ccc(OCC(=O)N3CCN(c4ccccn4)CC3)cc2c2c3c(c4c(c21)CC/C(P)=N/N/C=C/4)C(=O)NC3. The number of hydrogen-bond donors (Lipinski definition) is 2. The molecule has 0 aliphatic carbocycles. The average Bonchev–Trinajstić information content (AvgIpc) is 3.60. The number of hydrazone groups is 1. The van der Waals surface area contributed by atoms with E-state index in [1.54, 1.807) is 6.20 Å². The summed E-state index contributed by atoms with van der Waals surface area (Å²) in [6, 6.07) is 12.0. The molecule has 1 unspecified atom stereocenters. The second-order valence-electron chi connectivity index (χ2n) is 12.2. The lowest BCUT2D eigenvalue weighted by Gasteiger charge is -2.35. The first-order valence-electron chi connectivity index (χ1n) is 15.6. The fraction of sp³-hybridized carbons (Fsp3) is 0.353. The minimum absolute atomic E-state index is 0.0264. The van der Waals surface area contributed by atoms with E-state index in [-0.39, 0.29) is 18.4 Å². The molecule has 0 radical (unpaired) electrons. The summed E-state index contributed by atoms with van der Waals surface area (Å²) in [7, 11) is 2.72. The minimum Gasteiger partial charge on any atom is -0.484 e. The van der Waals surface area contributed by atoms with Gasteiger partial charge in [-0.25, -0.2) is 4.98 Å². The van der Waals surface area contributed by atoms with Crippen LogP contribution in [0.15, 0.2) is 53.9 Å². The van der Waals surface area contributed by atoms with E-state index >= 15 is 0 Å². The summed E-state index contributed by atoms with van der Waals surface area (Å²) in [5.41, 5.74) is 10.0. The summed E-state index contributed by atoms with van der Waals surface area (Å²) >= 11 is 0. The lowest BCUT2D eigenvalue weighted by atomic mass is 9.90. The highest BCUT2D eigenvalue weighted by Crippen LogP contribution is 2.42. The third-order valence-electron chi connectivity index (χ3n) is 8.85. The van der Waals surface area contributed by atoms with Crippen molar-refractivity contribution in [1.29, 1.82) is 0 Å². The molecule has 1 fully saturated rings. The zero-order chi connectivity index (χ0) is 31.1. The van der Waals surface area contributed by atoms with Gasteiger partial charge in [-0.05, 0) is 71.9 Å². The molecule has 0 bridgehead atoms. The quantitative estimate of drug-likeness (QED) is 0.307. The molecule has 5 heterocycles. The Labute approximate surface area is 264 Å². The molecule has 1 saturated heterocycles. The van der Waals surface area contributed by atoms with E-state index in [9.17, 15) is 9.59 Å². The number of piperazine rings is 1. The van der Waals surface area contributed by atoms with Crippen LogP contribution in [0, 0.1) is 5.92 Å². The smallest absolute Gasteiger partial charge is 0.260 e. The van der Waals surface area contributed by atoms with Crippen molar-refractivity contribution in [3.63, 3.8) is 0 Å². The van der Waals surface area contributed by atoms with Crippen molar-refractivity contribution in [2.75, 3.05) is 37.7 Å². The zero-order valence-electron chi connectivity index (χ0n) is 25.7. The van der Waals surface area contributed by atoms with Crippen LogP contribution in [0.5, 0.6) is 5.75 Å². The van der Waals surface area contributed by atoms with E-state index in [1.807, 2.05) is 47.5 Å². The van der Waals surface area contributed by atoms with Crippen molar-refractivity contribution in [3.05, 3.63) is 71.0 Å². The number of ether oxygens (including phenoxy) is 1. The van der Waals surface area contributed by atoms with E-state index in [0.717, 1.165) is 87.8 Å². The average molecular weight is 624 g/mol. The Morgan fingerprint density at radius 3 is 2.71 bits per heavy atom. The maximum atomic E-state index is 13.3. The second kappa shape index (κ2) is 12.2. The van der Waals surface area contributed by atoms with Gasteiger partial charge in [-0.2, -0.15) is 5.10 Å². The third-order valence-corrected chi connectivity index (χ3v) is 9.27. The summed E-state index contributed by atoms with van der Waals surface area (Å²) in [4.78, 5) is 34.9. The fourth-order valence-corrected chi connectivity index (χ4v) is 7.02. The predicted octanol–water partition coefficient (Wildman–Crippen LogP) is 4.51. The van der Waals surface area contributed by atoms with E-state index in [1.165, 1.54) is 0 Å². The molecule has 1 atom stereocenters. The summed E-state index contributed by atoms with van der Waals surface area (Å²) in [5, 5.41) is 9.62. The first-order chi connectivity index (χ1) is 21.9. The first-order valence-corrected chi connectivity index (χ1v) is 16.2. The number of hydrogen-bond acceptors (Lipinski definition) is 7. The summed E-state index contributed by atoms with van der Waals surface area (Å²) in [6.45, 7) is 8.46. The van der Waals surface area contributed by atoms with Crippen molar-refractivity contribution in [3.8, 4) is 5.75 Å². The number of benzene rings is 2. The normalized spacial score (nSPS) is 18.4. The van der Waals surface area contributed by atoms with Gasteiger partial charge in [0.15, 0.2) is 6.61 Å². The number of carbonyl (C=O) groups is 2. The highest BCUT2D eigenvalue weighted by Gasteiger charge is 2.31. The number of nitrogens with one attached hydrogen (secondary N) is 2. The Hall–Kier alpha value is -4.43. The van der Waals surface area contributed by atoms with Gasteiger partial charge >= 0.3 is 0 Å². The highest BCUT2D eigenvalue weighted by molar-refractivity contribution is 7.40. The maximum absolute atomic E-state index is 13.3. The molecule has 11 heteroatoms. The predicted molar refractivity (Wildman–Crippen MR) is 182 cm³/mol. The molecule has 0 saturated carbocycles. The number of pyridine rings is 1. The van der Waals surface area contributed by atoms with Crippen LogP contribution in [0.25, 0.3) is 27.9 Å². The van der Waals surface area contributed by atoms with Crippen LogP contribution in [-0.2, 0) is 24.3 Å². The fourth-order valence-electron chi connectivity index (χ4n) is 6.81. The summed E-state index contributed by atoms with van der Waals surface area (Å²) in [6.07, 6.45) is 7.09. The Kier molecular flexibility index (Phi) is 7.92. The Morgan fingerprint density at radius 2 is 1.93 bits per heavy atom. The molecule has 232 valence electrons. The number of nitrogens with zero attached hydrogens (tertiary/aromatic N) is 5. The Morgan fingerprint density at radius 1 is 1.09 bits per heavy atom. The van der Waals surface area contributed by atoms with E-state index < -0.39 is 0 Å². The van der Waals surface area contributed by atoms with Gasteiger partial charge in [-0.1, -0.05) is 29.2 Å². The number of amides is 2. The van der Waals surface area contributed by atoms with Crippen LogP contribution < -0.4 is 20.4 Å². The zero-order valence-corrected chi connectivity index (χ0v) is 26.8. The maximum Gasteiger partial charge on any atom is 0.260 e. The summed E-state index contributed by atoms with van der Waals surface area (Å²) < 4.78 is 8.56. The van der Waals surface area contributed by atoms with Gasteiger partial charge in [0, 0.05) is 68.0 Å². The van der Waals surface area contributed by atoms with Gasteiger partial charge in [0.25, 0.3) is 11.8 Å². The molecular formula is C34H38N7O3P. The van der Waals surface area contributed by atoms with Crippen molar-refractivity contribution < 1.29 is 14.3 Å². The molecule has 3 aliphatic heterocycles. The lowest BCUT2D eigenvalue weighted by molar-refractivity contribution is -0.133. The van der Waals surface area contributed by atoms with E-state index in [2.05, 4.69) is 59.4 Å². The number of carbonyl (C=O) groups excluding carboxylic acids is 2. The van der Waals surface area contributed by atoms with Crippen LogP contribution in [-0.4, -0.2) is 64.5 Å². The molecule has 7 rings (SSSR count). The number of anilines is 1. The largest absolute Gasteiger partial charge is 0.484 e. The van der Waals surface area contributed by atoms with Gasteiger partial charge in [0.1, 0.15) is 11.6 Å². The van der Waals surface area contributed by atoms with Crippen LogP contribution in [0.2, 0.25) is 0 Å². The van der Waals surface area contributed by atoms with Crippen molar-refractivity contribution >= 4 is 60.2 Å². The molecule has 3 aliphatic rings. The lowest BCUT2D eigenvalue weighted by Crippen LogP contribution is -2.50. The van der Waals surface area contributed by atoms with E-state index in [4.69, 9.17) is 4.74 Å². The van der Waals surface area contributed by atoms with Crippen LogP contribution in [0.3, 0.4) is 0 Å². The number of fused-ring (bicyclic) bond motifs is 8. The number of aromatic nitrogens is 2. The number of rotatable bonds is 6. The minimum atomic E-state index is -0.0510. The molecule has 2 N–H and O–H groups in total. The highest BCUT2D eigenvalue weighted by atomic mass is 31.0. The van der Waals surface area contributed by atoms with Gasteiger partial charge in [-0.15, -0.1) is 0 Å². The molecule has 2 aromatic heterocycles. The Balaban J connectivity index is 1.23. The van der Waals surface area contributed by atoms with Gasteiger partial charge in [-0.3, -0.25) is 15.0 Å². The monoisotopic (exact) mass is 623 g/mol. The standard InChI is InChI=1S/C34H38N7O3P/c1-21(2)19-41-27-8-6-22(44-20-30(42)40-15-13-39(14-16-40)28-5-3-4-11-35-28)17-25(27)31-26-18-36-34(43)32(26)23-10-12-37-38-29(45)9-7-24(23)33(31)41/h3-6,8,10-12,17,21,37H,7,9,13-16,18-20,45H2,1-2H3,(H,36,43)/b12-10+,38-29-. The Bertz CT molecular complexity index is 1860. The molecule has 4 aromatic rings. The first kappa shape index (κ1) is 29.3. The number of aryl methyl sites for hydroxylation is 1. The van der Waals surface area contributed by atoms with Crippen LogP contribution >= 0.6 is 9.24 Å². The molecule has 45 heavy (non-hydrogen) atoms. The second-order valence-corrected chi connectivity index (χ2v) is 12.9. The molecular weight excluding hydrogens is 585 g/mol. The molecule has 10 nitrogen and oxygen atoms in total. The molecule has 2 aromatic carbocycles. The summed E-state index contributed by atoms with van der Waals surface area (Å²) in [5.74, 6) is 1.91. The van der Waals surface area contributed by atoms with Gasteiger partial charge in [0.05, 0.1) is 16.5 Å². The van der Waals surface area contributed by atoms with Gasteiger partial charge in [0.2, 0.25) is 0 Å². The van der Waals surface area contributed by atoms with Crippen LogP contribution in [0.1, 0.15) is 47.3 Å². The van der Waals surface area contributed by atoms with Crippen LogP contribution in [0.4, 0.5) is 5.82 Å². The van der Waals surface area contributed by atoms with E-state index in [0.29, 0.717) is 31.3 Å². The topological polar surface area (TPSA) is 104 Å². The van der Waals surface area contributed by atoms with Gasteiger partial charge < -0.3 is 24.4 Å². The molecule has 0 spiro atoms. The third kappa shape index (κ3) is 5.52.